The number of carbonyl (C=O) groups is 2. The fourth-order valence-electron chi connectivity index (χ4n) is 4.24. The summed E-state index contributed by atoms with van der Waals surface area (Å²) >= 11 is 0. The molecule has 0 radical (unpaired) electrons. The first-order valence-corrected chi connectivity index (χ1v) is 10.9. The predicted octanol–water partition coefficient (Wildman–Crippen LogP) is 3.14. The summed E-state index contributed by atoms with van der Waals surface area (Å²) in [5.41, 5.74) is 0. The predicted molar refractivity (Wildman–Crippen MR) is 106 cm³/mol. The first kappa shape index (κ1) is 24.0. The second kappa shape index (κ2) is 10.7. The van der Waals surface area contributed by atoms with Crippen molar-refractivity contribution in [3.05, 3.63) is 0 Å². The van der Waals surface area contributed by atoms with Crippen LogP contribution in [0.1, 0.15) is 66.2 Å². The molecule has 0 aromatic heterocycles. The summed E-state index contributed by atoms with van der Waals surface area (Å²) in [7, 11) is 0. The Labute approximate surface area is 172 Å². The van der Waals surface area contributed by atoms with Crippen molar-refractivity contribution in [3.8, 4) is 0 Å². The minimum Gasteiger partial charge on any atom is -0.376 e. The van der Waals surface area contributed by atoms with Gasteiger partial charge in [-0.2, -0.15) is 0 Å². The number of nitrogens with zero attached hydrogens (tertiary/aromatic N) is 1. The van der Waals surface area contributed by atoms with Gasteiger partial charge >= 0.3 is 0 Å². The van der Waals surface area contributed by atoms with Crippen molar-refractivity contribution in [1.82, 2.24) is 10.2 Å². The number of carbonyl (C=O) groups excluding carboxylic acids is 2. The summed E-state index contributed by atoms with van der Waals surface area (Å²) in [6.45, 7) is 8.53. The summed E-state index contributed by atoms with van der Waals surface area (Å²) in [6.07, 6.45) is 2.16. The van der Waals surface area contributed by atoms with Crippen molar-refractivity contribution < 1.29 is 27.8 Å². The van der Waals surface area contributed by atoms with Gasteiger partial charge in [0.05, 0.1) is 18.3 Å². The quantitative estimate of drug-likeness (QED) is 0.720. The lowest BCUT2D eigenvalue weighted by atomic mass is 9.87. The molecule has 1 N–H and O–H groups in total. The van der Waals surface area contributed by atoms with Gasteiger partial charge in [-0.05, 0) is 38.5 Å². The molecule has 2 aliphatic heterocycles. The van der Waals surface area contributed by atoms with Crippen LogP contribution in [-0.2, 0) is 19.1 Å². The van der Waals surface area contributed by atoms with Gasteiger partial charge in [-0.3, -0.25) is 9.59 Å². The zero-order chi connectivity index (χ0) is 21.6. The average molecular weight is 419 g/mol. The van der Waals surface area contributed by atoms with Crippen molar-refractivity contribution >= 4 is 11.8 Å². The topological polar surface area (TPSA) is 67.9 Å². The Hall–Kier alpha value is -1.28. The Morgan fingerprint density at radius 1 is 1.14 bits per heavy atom. The van der Waals surface area contributed by atoms with Crippen molar-refractivity contribution in [1.29, 1.82) is 0 Å². The monoisotopic (exact) mass is 418 g/mol. The fourth-order valence-corrected chi connectivity index (χ4v) is 4.24. The summed E-state index contributed by atoms with van der Waals surface area (Å²) in [5.74, 6) is -2.95. The molecular weight excluding hydrogens is 382 g/mol. The van der Waals surface area contributed by atoms with E-state index in [4.69, 9.17) is 9.47 Å². The lowest BCUT2D eigenvalue weighted by Gasteiger charge is -2.36. The largest absolute Gasteiger partial charge is 0.376 e. The van der Waals surface area contributed by atoms with E-state index < -0.39 is 18.1 Å². The molecule has 4 unspecified atom stereocenters. The number of fused-ring (bicyclic) bond motifs is 2. The van der Waals surface area contributed by atoms with E-state index in [9.17, 15) is 18.4 Å². The molecule has 4 atom stereocenters. The van der Waals surface area contributed by atoms with E-state index in [0.717, 1.165) is 12.8 Å². The molecule has 2 heterocycles. The van der Waals surface area contributed by atoms with Crippen molar-refractivity contribution in [3.63, 3.8) is 0 Å². The van der Waals surface area contributed by atoms with Crippen LogP contribution in [0.2, 0.25) is 0 Å². The van der Waals surface area contributed by atoms with Gasteiger partial charge < -0.3 is 19.7 Å². The highest BCUT2D eigenvalue weighted by Gasteiger charge is 2.40. The molecule has 0 spiro atoms. The number of morpholine rings is 1. The number of nitrogens with one attached hydrogen (secondary N) is 1. The molecule has 2 amide bonds. The first-order chi connectivity index (χ1) is 13.7. The van der Waals surface area contributed by atoms with E-state index in [2.05, 4.69) is 5.32 Å². The first-order valence-electron chi connectivity index (χ1n) is 10.9. The Morgan fingerprint density at radius 3 is 2.21 bits per heavy atom. The fraction of sp³-hybridized carbons (Fsp3) is 0.905. The summed E-state index contributed by atoms with van der Waals surface area (Å²) < 4.78 is 38.2. The van der Waals surface area contributed by atoms with Gasteiger partial charge in [-0.15, -0.1) is 0 Å². The number of halogens is 2. The van der Waals surface area contributed by atoms with Crippen LogP contribution in [0.4, 0.5) is 8.78 Å². The summed E-state index contributed by atoms with van der Waals surface area (Å²) in [5, 5.41) is 2.71. The van der Waals surface area contributed by atoms with E-state index in [-0.39, 0.29) is 42.8 Å². The van der Waals surface area contributed by atoms with E-state index in [0.29, 0.717) is 32.5 Å². The van der Waals surface area contributed by atoms with Crippen LogP contribution in [0, 0.1) is 5.92 Å². The van der Waals surface area contributed by atoms with Gasteiger partial charge in [0.25, 0.3) is 0 Å². The van der Waals surface area contributed by atoms with Gasteiger partial charge in [0.2, 0.25) is 17.7 Å². The zero-order valence-electron chi connectivity index (χ0n) is 18.1. The second-order valence-electron chi connectivity index (χ2n) is 8.22. The number of likely N-dealkylation sites (tertiary alicyclic amines) is 1. The van der Waals surface area contributed by atoms with E-state index in [1.807, 2.05) is 13.8 Å². The minimum atomic E-state index is -2.56. The number of ether oxygens (including phenoxy) is 2. The lowest BCUT2D eigenvalue weighted by molar-refractivity contribution is -0.148. The second-order valence-corrected chi connectivity index (χ2v) is 8.22. The standard InChI is InChI=1S/C19H30F2N2O4.C2H6/c1-12(26-11-14-5-7-19(20,21)8-6-14)17(22-13(2)24)18(25)23-9-15-3-4-16(10-23)27-15;1-2/h12,14-17H,3-11H2,1-2H3,(H,22,24);1-2H3. The minimum absolute atomic E-state index is 0.0689. The number of hydrogen-bond donors (Lipinski definition) is 1. The van der Waals surface area contributed by atoms with Gasteiger partial charge in [0.15, 0.2) is 0 Å². The third-order valence-electron chi connectivity index (χ3n) is 5.88. The smallest absolute Gasteiger partial charge is 0.248 e. The van der Waals surface area contributed by atoms with Crippen LogP contribution in [0.15, 0.2) is 0 Å². The van der Waals surface area contributed by atoms with Crippen LogP contribution in [0.3, 0.4) is 0 Å². The van der Waals surface area contributed by atoms with E-state index in [1.165, 1.54) is 6.92 Å². The lowest BCUT2D eigenvalue weighted by Crippen LogP contribution is -2.57. The van der Waals surface area contributed by atoms with Crippen LogP contribution in [0.5, 0.6) is 0 Å². The number of amides is 2. The Kier molecular flexibility index (Phi) is 8.82. The maximum Gasteiger partial charge on any atom is 0.248 e. The maximum atomic E-state index is 13.3. The molecular formula is C21H36F2N2O4. The normalized spacial score (nSPS) is 28.1. The van der Waals surface area contributed by atoms with Crippen LogP contribution >= 0.6 is 0 Å². The molecule has 2 bridgehead atoms. The van der Waals surface area contributed by atoms with Crippen LogP contribution in [-0.4, -0.2) is 66.7 Å². The zero-order valence-corrected chi connectivity index (χ0v) is 18.1. The van der Waals surface area contributed by atoms with Gasteiger partial charge in [0.1, 0.15) is 6.04 Å². The highest BCUT2D eigenvalue weighted by Crippen LogP contribution is 2.36. The average Bonchev–Trinajstić information content (AvgIpc) is 3.03. The highest BCUT2D eigenvalue weighted by atomic mass is 19.3. The molecule has 3 rings (SSSR count). The van der Waals surface area contributed by atoms with Crippen LogP contribution in [0.25, 0.3) is 0 Å². The Balaban J connectivity index is 0.00000145. The summed E-state index contributed by atoms with van der Waals surface area (Å²) in [6, 6.07) is -0.773. The van der Waals surface area contributed by atoms with Crippen LogP contribution < -0.4 is 5.32 Å². The molecule has 0 aromatic rings. The highest BCUT2D eigenvalue weighted by molar-refractivity contribution is 5.87. The van der Waals surface area contributed by atoms with Crippen molar-refractivity contribution in [2.45, 2.75) is 96.5 Å². The van der Waals surface area contributed by atoms with Gasteiger partial charge in [-0.1, -0.05) is 13.8 Å². The Bertz CT molecular complexity index is 539. The Morgan fingerprint density at radius 2 is 1.69 bits per heavy atom. The molecule has 3 fully saturated rings. The molecule has 2 saturated heterocycles. The van der Waals surface area contributed by atoms with E-state index in [1.54, 1.807) is 11.8 Å². The molecule has 0 aromatic carbocycles. The molecule has 29 heavy (non-hydrogen) atoms. The third kappa shape index (κ3) is 6.88. The van der Waals surface area contributed by atoms with Crippen molar-refractivity contribution in [2.75, 3.05) is 19.7 Å². The van der Waals surface area contributed by atoms with Gasteiger partial charge in [0, 0.05) is 39.5 Å². The maximum absolute atomic E-state index is 13.3. The molecule has 6 nitrogen and oxygen atoms in total. The number of rotatable bonds is 6. The molecule has 168 valence electrons. The number of alkyl halides is 2. The molecule has 8 heteroatoms. The third-order valence-corrected chi connectivity index (χ3v) is 5.88. The molecule has 1 aliphatic carbocycles. The SMILES string of the molecule is CC.CC(=O)NC(C(=O)N1CC2CCC(C1)O2)C(C)OCC1CCC(F)(F)CC1. The van der Waals surface area contributed by atoms with Gasteiger partial charge in [-0.25, -0.2) is 8.78 Å². The summed E-state index contributed by atoms with van der Waals surface area (Å²) in [4.78, 5) is 26.4. The van der Waals surface area contributed by atoms with Crippen molar-refractivity contribution in [2.24, 2.45) is 5.92 Å². The number of hydrogen-bond acceptors (Lipinski definition) is 4. The molecule has 3 aliphatic rings. The molecule has 1 saturated carbocycles. The van der Waals surface area contributed by atoms with E-state index >= 15 is 0 Å².